The van der Waals surface area contributed by atoms with Crippen LogP contribution in [0.1, 0.15) is 48.0 Å². The third-order valence-corrected chi connectivity index (χ3v) is 4.03. The fourth-order valence-corrected chi connectivity index (χ4v) is 2.84. The van der Waals surface area contributed by atoms with E-state index in [4.69, 9.17) is 5.73 Å². The Kier molecular flexibility index (Phi) is 5.38. The Hall–Kier alpha value is 0.310. The Labute approximate surface area is 87.9 Å². The van der Waals surface area contributed by atoms with Gasteiger partial charge in [0.15, 0.2) is 0 Å². The molecule has 0 rings (SSSR count). The van der Waals surface area contributed by atoms with Gasteiger partial charge in [0.25, 0.3) is 0 Å². The minimum Gasteiger partial charge on any atom is -0.327 e. The predicted molar refractivity (Wildman–Crippen MR) is 64.2 cm³/mol. The minimum absolute atomic E-state index is 0.310. The summed E-state index contributed by atoms with van der Waals surface area (Å²) in [5.41, 5.74) is 6.44. The minimum atomic E-state index is 0.310. The third kappa shape index (κ3) is 4.92. The van der Waals surface area contributed by atoms with Gasteiger partial charge in [0.05, 0.1) is 0 Å². The van der Waals surface area contributed by atoms with Crippen molar-refractivity contribution in [2.45, 2.75) is 64.5 Å². The van der Waals surface area contributed by atoms with E-state index in [1.54, 1.807) is 0 Å². The molecule has 0 saturated heterocycles. The molecule has 0 spiro atoms. The lowest BCUT2D eigenvalue weighted by atomic mass is 9.87. The van der Waals surface area contributed by atoms with Gasteiger partial charge < -0.3 is 5.73 Å². The van der Waals surface area contributed by atoms with Crippen LogP contribution in [0, 0.1) is 5.41 Å². The summed E-state index contributed by atoms with van der Waals surface area (Å²) in [6.07, 6.45) is 1.07. The van der Waals surface area contributed by atoms with E-state index in [2.05, 4.69) is 41.5 Å². The highest BCUT2D eigenvalue weighted by atomic mass is 32.2. The molecule has 2 N–H and O–H groups in total. The van der Waals surface area contributed by atoms with Crippen molar-refractivity contribution in [3.05, 3.63) is 0 Å². The Morgan fingerprint density at radius 2 is 1.69 bits per heavy atom. The molecule has 0 heterocycles. The van der Waals surface area contributed by atoms with E-state index in [1.807, 2.05) is 11.8 Å². The van der Waals surface area contributed by atoms with Crippen LogP contribution >= 0.6 is 11.8 Å². The monoisotopic (exact) mass is 203 g/mol. The number of nitrogens with two attached hydrogens (primary N) is 1. The van der Waals surface area contributed by atoms with Crippen molar-refractivity contribution in [1.82, 2.24) is 0 Å². The average molecular weight is 203 g/mol. The third-order valence-electron chi connectivity index (χ3n) is 2.13. The summed E-state index contributed by atoms with van der Waals surface area (Å²) in [7, 11) is 0. The summed E-state index contributed by atoms with van der Waals surface area (Å²) < 4.78 is 0. The lowest BCUT2D eigenvalue weighted by Gasteiger charge is -2.35. The highest BCUT2D eigenvalue weighted by molar-refractivity contribution is 8.00. The van der Waals surface area contributed by atoms with Gasteiger partial charge in [-0.25, -0.2) is 0 Å². The highest BCUT2D eigenvalue weighted by Crippen LogP contribution is 2.35. The summed E-state index contributed by atoms with van der Waals surface area (Å²) >= 11 is 2.01. The molecule has 1 nitrogen and oxygen atoms in total. The Bertz CT molecular complexity index is 138. The first-order valence-electron chi connectivity index (χ1n) is 5.20. The van der Waals surface area contributed by atoms with Gasteiger partial charge in [-0.05, 0) is 17.1 Å². The number of rotatable bonds is 4. The van der Waals surface area contributed by atoms with Crippen molar-refractivity contribution >= 4 is 11.8 Å². The van der Waals surface area contributed by atoms with E-state index in [0.29, 0.717) is 22.0 Å². The standard InChI is InChI=1S/C11H25NS/c1-7-9(12)10(11(4,5)6)13-8(2)3/h8-10H,7,12H2,1-6H3. The second kappa shape index (κ2) is 5.26. The number of hydrogen-bond acceptors (Lipinski definition) is 2. The van der Waals surface area contributed by atoms with Crippen molar-refractivity contribution in [1.29, 1.82) is 0 Å². The van der Waals surface area contributed by atoms with Crippen LogP contribution in [0.5, 0.6) is 0 Å². The van der Waals surface area contributed by atoms with Gasteiger partial charge in [0.2, 0.25) is 0 Å². The van der Waals surface area contributed by atoms with Gasteiger partial charge in [-0.3, -0.25) is 0 Å². The van der Waals surface area contributed by atoms with Crippen molar-refractivity contribution in [3.8, 4) is 0 Å². The molecule has 2 unspecified atom stereocenters. The quantitative estimate of drug-likeness (QED) is 0.759. The van der Waals surface area contributed by atoms with Crippen LogP contribution in [-0.4, -0.2) is 16.5 Å². The summed E-state index contributed by atoms with van der Waals surface area (Å²) in [6, 6.07) is 0.326. The normalized spacial score (nSPS) is 17.5. The van der Waals surface area contributed by atoms with Crippen LogP contribution in [0.3, 0.4) is 0 Å². The molecule has 0 fully saturated rings. The van der Waals surface area contributed by atoms with Gasteiger partial charge >= 0.3 is 0 Å². The second-order valence-electron chi connectivity index (χ2n) is 5.04. The first-order valence-corrected chi connectivity index (χ1v) is 6.14. The molecular formula is C11H25NS. The molecule has 2 heteroatoms. The molecule has 0 aliphatic carbocycles. The number of thioether (sulfide) groups is 1. The summed E-state index contributed by atoms with van der Waals surface area (Å²) in [4.78, 5) is 0. The molecule has 0 bridgehead atoms. The van der Waals surface area contributed by atoms with Crippen LogP contribution in [0.4, 0.5) is 0 Å². The topological polar surface area (TPSA) is 26.0 Å². The van der Waals surface area contributed by atoms with E-state index in [9.17, 15) is 0 Å². The SMILES string of the molecule is CCC(N)C(SC(C)C)C(C)(C)C. The summed E-state index contributed by atoms with van der Waals surface area (Å²) in [6.45, 7) is 13.5. The lowest BCUT2D eigenvalue weighted by Crippen LogP contribution is -2.41. The lowest BCUT2D eigenvalue weighted by molar-refractivity contribution is 0.349. The molecule has 0 saturated carbocycles. The van der Waals surface area contributed by atoms with Crippen molar-refractivity contribution in [2.75, 3.05) is 0 Å². The van der Waals surface area contributed by atoms with Crippen molar-refractivity contribution < 1.29 is 0 Å². The summed E-state index contributed by atoms with van der Waals surface area (Å²) in [5.74, 6) is 0. The number of hydrogen-bond donors (Lipinski definition) is 1. The van der Waals surface area contributed by atoms with Crippen LogP contribution < -0.4 is 5.73 Å². The summed E-state index contributed by atoms with van der Waals surface area (Å²) in [5, 5.41) is 1.24. The average Bonchev–Trinajstić information content (AvgIpc) is 1.96. The van der Waals surface area contributed by atoms with Crippen LogP contribution in [-0.2, 0) is 0 Å². The largest absolute Gasteiger partial charge is 0.327 e. The molecule has 0 aliphatic rings. The molecule has 0 aromatic rings. The maximum Gasteiger partial charge on any atom is 0.0249 e. The Morgan fingerprint density at radius 3 is 1.92 bits per heavy atom. The Morgan fingerprint density at radius 1 is 1.23 bits per heavy atom. The van der Waals surface area contributed by atoms with Gasteiger partial charge in [-0.2, -0.15) is 11.8 Å². The second-order valence-corrected chi connectivity index (χ2v) is 6.77. The van der Waals surface area contributed by atoms with Gasteiger partial charge in [0, 0.05) is 11.3 Å². The first kappa shape index (κ1) is 13.3. The van der Waals surface area contributed by atoms with Gasteiger partial charge in [-0.15, -0.1) is 0 Å². The van der Waals surface area contributed by atoms with Crippen LogP contribution in [0.2, 0.25) is 0 Å². The molecule has 0 aromatic heterocycles. The molecule has 0 amide bonds. The molecule has 13 heavy (non-hydrogen) atoms. The highest BCUT2D eigenvalue weighted by Gasteiger charge is 2.30. The first-order chi connectivity index (χ1) is 5.79. The molecule has 80 valence electrons. The molecule has 0 aromatic carbocycles. The van der Waals surface area contributed by atoms with Crippen LogP contribution in [0.25, 0.3) is 0 Å². The van der Waals surface area contributed by atoms with Gasteiger partial charge in [-0.1, -0.05) is 41.5 Å². The van der Waals surface area contributed by atoms with E-state index in [-0.39, 0.29) is 0 Å². The van der Waals surface area contributed by atoms with E-state index >= 15 is 0 Å². The van der Waals surface area contributed by atoms with Crippen molar-refractivity contribution in [2.24, 2.45) is 11.1 Å². The maximum absolute atomic E-state index is 6.13. The maximum atomic E-state index is 6.13. The smallest absolute Gasteiger partial charge is 0.0249 e. The fourth-order valence-electron chi connectivity index (χ4n) is 1.45. The van der Waals surface area contributed by atoms with Crippen LogP contribution in [0.15, 0.2) is 0 Å². The van der Waals surface area contributed by atoms with E-state index in [1.165, 1.54) is 0 Å². The van der Waals surface area contributed by atoms with Crippen molar-refractivity contribution in [3.63, 3.8) is 0 Å². The fraction of sp³-hybridized carbons (Fsp3) is 1.00. The molecule has 0 radical (unpaired) electrons. The molecule has 2 atom stereocenters. The van der Waals surface area contributed by atoms with Gasteiger partial charge in [0.1, 0.15) is 0 Å². The van der Waals surface area contributed by atoms with E-state index in [0.717, 1.165) is 6.42 Å². The zero-order chi connectivity index (χ0) is 10.6. The zero-order valence-corrected chi connectivity index (χ0v) is 10.7. The zero-order valence-electron chi connectivity index (χ0n) is 9.92. The molecular weight excluding hydrogens is 178 g/mol. The molecule has 0 aliphatic heterocycles. The predicted octanol–water partition coefficient (Wildman–Crippen LogP) is 3.28. The van der Waals surface area contributed by atoms with E-state index < -0.39 is 0 Å². The Balaban J connectivity index is 4.37.